The van der Waals surface area contributed by atoms with Crippen LogP contribution in [0.3, 0.4) is 0 Å². The summed E-state index contributed by atoms with van der Waals surface area (Å²) in [4.78, 5) is 11.5. The maximum atomic E-state index is 13.6. The lowest BCUT2D eigenvalue weighted by atomic mass is 10.0. The van der Waals surface area contributed by atoms with Gasteiger partial charge in [0.25, 0.3) is 5.91 Å². The molecule has 0 aliphatic carbocycles. The molecule has 1 fully saturated rings. The van der Waals surface area contributed by atoms with Crippen LogP contribution in [0.5, 0.6) is 0 Å². The topological polar surface area (TPSA) is 98.5 Å². The first-order chi connectivity index (χ1) is 9.62. The summed E-state index contributed by atoms with van der Waals surface area (Å²) in [5.74, 6) is -1.55. The van der Waals surface area contributed by atoms with Crippen molar-refractivity contribution in [3.05, 3.63) is 28.0 Å². The Labute approximate surface area is 130 Å². The van der Waals surface area contributed by atoms with Crippen LogP contribution in [-0.4, -0.2) is 33.1 Å². The van der Waals surface area contributed by atoms with Crippen molar-refractivity contribution in [1.29, 1.82) is 0 Å². The van der Waals surface area contributed by atoms with Gasteiger partial charge in [-0.25, -0.2) is 17.9 Å². The number of hydrogen-bond acceptors (Lipinski definition) is 4. The number of sulfonamides is 1. The van der Waals surface area contributed by atoms with E-state index in [0.717, 1.165) is 12.1 Å². The molecular weight excluding hydrogens is 367 g/mol. The van der Waals surface area contributed by atoms with Crippen molar-refractivity contribution in [2.24, 2.45) is 5.14 Å². The van der Waals surface area contributed by atoms with Crippen molar-refractivity contribution in [2.45, 2.75) is 23.8 Å². The van der Waals surface area contributed by atoms with Gasteiger partial charge in [0.1, 0.15) is 10.7 Å². The highest BCUT2D eigenvalue weighted by molar-refractivity contribution is 9.10. The molecule has 3 N–H and O–H groups in total. The zero-order valence-electron chi connectivity index (χ0n) is 11.2. The molecule has 0 radical (unpaired) electrons. The Hall–Kier alpha value is -1.03. The smallest absolute Gasteiger partial charge is 0.252 e. The number of primary sulfonamides is 1. The van der Waals surface area contributed by atoms with Crippen LogP contribution >= 0.6 is 15.9 Å². The first kappa shape index (κ1) is 16.3. The van der Waals surface area contributed by atoms with Crippen LogP contribution in [-0.2, 0) is 14.8 Å². The zero-order chi connectivity index (χ0) is 15.8. The standard InChI is InChI=1S/C12H14BrFN2O4S/c1-12(2-3-20-6-12)16-11(17)7-4-10(21(15,18)19)9(14)5-8(7)13/h4-5H,2-3,6H2,1H3,(H,16,17)(H2,15,18,19). The molecule has 1 aliphatic rings. The highest BCUT2D eigenvalue weighted by Crippen LogP contribution is 2.25. The minimum absolute atomic E-state index is 0.00597. The third-order valence-electron chi connectivity index (χ3n) is 3.21. The van der Waals surface area contributed by atoms with Gasteiger partial charge in [0, 0.05) is 11.1 Å². The van der Waals surface area contributed by atoms with Gasteiger partial charge in [-0.2, -0.15) is 0 Å². The second kappa shape index (κ2) is 5.64. The van der Waals surface area contributed by atoms with E-state index in [1.807, 2.05) is 6.92 Å². The lowest BCUT2D eigenvalue weighted by Crippen LogP contribution is -2.46. The fraction of sp³-hybridized carbons (Fsp3) is 0.417. The molecule has 0 saturated carbocycles. The lowest BCUT2D eigenvalue weighted by Gasteiger charge is -2.24. The van der Waals surface area contributed by atoms with E-state index < -0.39 is 32.2 Å². The summed E-state index contributed by atoms with van der Waals surface area (Å²) in [5.41, 5.74) is -0.541. The highest BCUT2D eigenvalue weighted by Gasteiger charge is 2.32. The van der Waals surface area contributed by atoms with Gasteiger partial charge in [0.2, 0.25) is 10.0 Å². The van der Waals surface area contributed by atoms with Crippen LogP contribution in [0.15, 0.2) is 21.5 Å². The number of hydrogen-bond donors (Lipinski definition) is 2. The van der Waals surface area contributed by atoms with Gasteiger partial charge in [0.05, 0.1) is 17.7 Å². The van der Waals surface area contributed by atoms with Crippen molar-refractivity contribution < 1.29 is 22.3 Å². The molecule has 1 amide bonds. The predicted molar refractivity (Wildman–Crippen MR) is 76.8 cm³/mol. The zero-order valence-corrected chi connectivity index (χ0v) is 13.6. The van der Waals surface area contributed by atoms with E-state index in [0.29, 0.717) is 19.6 Å². The summed E-state index contributed by atoms with van der Waals surface area (Å²) in [6.45, 7) is 2.71. The van der Waals surface area contributed by atoms with Crippen molar-refractivity contribution in [3.8, 4) is 0 Å². The molecule has 21 heavy (non-hydrogen) atoms. The number of nitrogens with one attached hydrogen (secondary N) is 1. The minimum Gasteiger partial charge on any atom is -0.379 e. The summed E-state index contributed by atoms with van der Waals surface area (Å²) in [5, 5.41) is 7.69. The van der Waals surface area contributed by atoms with Gasteiger partial charge in [-0.3, -0.25) is 4.79 Å². The number of carbonyl (C=O) groups excluding carboxylic acids is 1. The second-order valence-corrected chi connectivity index (χ2v) is 7.51. The Kier molecular flexibility index (Phi) is 4.39. The van der Waals surface area contributed by atoms with Crippen molar-refractivity contribution in [1.82, 2.24) is 5.32 Å². The fourth-order valence-corrected chi connectivity index (χ4v) is 3.14. The molecule has 1 aromatic carbocycles. The molecule has 9 heteroatoms. The fourth-order valence-electron chi connectivity index (χ4n) is 2.03. The van der Waals surface area contributed by atoms with Gasteiger partial charge in [-0.05, 0) is 41.4 Å². The largest absolute Gasteiger partial charge is 0.379 e. The quantitative estimate of drug-likeness (QED) is 0.821. The molecule has 0 bridgehead atoms. The SMILES string of the molecule is CC1(NC(=O)c2cc(S(N)(=O)=O)c(F)cc2Br)CCOC1. The van der Waals surface area contributed by atoms with Crippen LogP contribution < -0.4 is 10.5 Å². The number of ether oxygens (including phenoxy) is 1. The van der Waals surface area contributed by atoms with Gasteiger partial charge >= 0.3 is 0 Å². The number of nitrogens with two attached hydrogens (primary N) is 1. The van der Waals surface area contributed by atoms with E-state index in [1.165, 1.54) is 0 Å². The molecule has 1 aromatic rings. The Morgan fingerprint density at radius 2 is 2.19 bits per heavy atom. The Bertz CT molecular complexity index is 687. The summed E-state index contributed by atoms with van der Waals surface area (Å²) in [6, 6.07) is 1.82. The first-order valence-electron chi connectivity index (χ1n) is 6.04. The van der Waals surface area contributed by atoms with Crippen LogP contribution in [0.4, 0.5) is 4.39 Å². The van der Waals surface area contributed by atoms with Crippen molar-refractivity contribution >= 4 is 31.9 Å². The van der Waals surface area contributed by atoms with Crippen LogP contribution in [0.2, 0.25) is 0 Å². The van der Waals surface area contributed by atoms with Crippen molar-refractivity contribution in [2.75, 3.05) is 13.2 Å². The lowest BCUT2D eigenvalue weighted by molar-refractivity contribution is 0.0888. The molecule has 1 unspecified atom stereocenters. The third-order valence-corrected chi connectivity index (χ3v) is 4.79. The number of benzene rings is 1. The summed E-state index contributed by atoms with van der Waals surface area (Å²) in [7, 11) is -4.25. The van der Waals surface area contributed by atoms with Crippen LogP contribution in [0, 0.1) is 5.82 Å². The summed E-state index contributed by atoms with van der Waals surface area (Å²) < 4.78 is 41.6. The average molecular weight is 381 g/mol. The minimum atomic E-state index is -4.25. The first-order valence-corrected chi connectivity index (χ1v) is 8.38. The normalized spacial score (nSPS) is 22.3. The molecule has 1 aliphatic heterocycles. The van der Waals surface area contributed by atoms with Gasteiger partial charge in [-0.1, -0.05) is 0 Å². The van der Waals surface area contributed by atoms with Crippen molar-refractivity contribution in [3.63, 3.8) is 0 Å². The summed E-state index contributed by atoms with van der Waals surface area (Å²) in [6.07, 6.45) is 0.638. The maximum Gasteiger partial charge on any atom is 0.252 e. The molecule has 116 valence electrons. The molecule has 6 nitrogen and oxygen atoms in total. The second-order valence-electron chi connectivity index (χ2n) is 5.12. The molecule has 0 aromatic heterocycles. The van der Waals surface area contributed by atoms with E-state index in [-0.39, 0.29) is 10.0 Å². The number of rotatable bonds is 3. The van der Waals surface area contributed by atoms with E-state index in [1.54, 1.807) is 0 Å². The molecule has 1 heterocycles. The van der Waals surface area contributed by atoms with Crippen LogP contribution in [0.25, 0.3) is 0 Å². The van der Waals surface area contributed by atoms with Gasteiger partial charge < -0.3 is 10.1 Å². The monoisotopic (exact) mass is 380 g/mol. The van der Waals surface area contributed by atoms with E-state index >= 15 is 0 Å². The Morgan fingerprint density at radius 1 is 1.52 bits per heavy atom. The number of carbonyl (C=O) groups is 1. The van der Waals surface area contributed by atoms with E-state index in [4.69, 9.17) is 9.88 Å². The average Bonchev–Trinajstić information content (AvgIpc) is 2.73. The van der Waals surface area contributed by atoms with Crippen LogP contribution in [0.1, 0.15) is 23.7 Å². The maximum absolute atomic E-state index is 13.6. The third kappa shape index (κ3) is 3.60. The van der Waals surface area contributed by atoms with Gasteiger partial charge in [-0.15, -0.1) is 0 Å². The van der Waals surface area contributed by atoms with E-state index in [2.05, 4.69) is 21.2 Å². The van der Waals surface area contributed by atoms with E-state index in [9.17, 15) is 17.6 Å². The molecule has 0 spiro atoms. The Morgan fingerprint density at radius 3 is 2.71 bits per heavy atom. The number of halogens is 2. The molecule has 2 rings (SSSR count). The highest BCUT2D eigenvalue weighted by atomic mass is 79.9. The molecule has 1 atom stereocenters. The predicted octanol–water partition coefficient (Wildman–Crippen LogP) is 1.14. The summed E-state index contributed by atoms with van der Waals surface area (Å²) >= 11 is 3.05. The Balaban J connectivity index is 2.37. The molecule has 1 saturated heterocycles. The molecular formula is C12H14BrFN2O4S. The van der Waals surface area contributed by atoms with Gasteiger partial charge in [0.15, 0.2) is 0 Å². The number of amides is 1.